The molecular formula is C15H14N4O5S2. The van der Waals surface area contributed by atoms with Crippen molar-refractivity contribution in [2.24, 2.45) is 7.05 Å². The van der Waals surface area contributed by atoms with Crippen LogP contribution in [0.25, 0.3) is 11.1 Å². The number of benzene rings is 1. The van der Waals surface area contributed by atoms with Gasteiger partial charge < -0.3 is 9.73 Å². The quantitative estimate of drug-likeness (QED) is 0.685. The van der Waals surface area contributed by atoms with E-state index in [-0.39, 0.29) is 15.9 Å². The first-order valence-electron chi connectivity index (χ1n) is 7.75. The number of carbonyl (C=O) groups excluding carboxylic acids is 1. The van der Waals surface area contributed by atoms with Gasteiger partial charge >= 0.3 is 5.76 Å². The number of aromatic nitrogens is 2. The van der Waals surface area contributed by atoms with E-state index in [9.17, 15) is 18.0 Å². The molecule has 0 aliphatic carbocycles. The van der Waals surface area contributed by atoms with E-state index in [1.54, 1.807) is 0 Å². The molecule has 3 aromatic rings. The molecule has 26 heavy (non-hydrogen) atoms. The zero-order valence-electron chi connectivity index (χ0n) is 13.6. The molecule has 11 heteroatoms. The van der Waals surface area contributed by atoms with Crippen molar-refractivity contribution in [3.63, 3.8) is 0 Å². The van der Waals surface area contributed by atoms with Gasteiger partial charge in [-0.05, 0) is 31.0 Å². The molecule has 0 saturated carbocycles. The maximum Gasteiger partial charge on any atom is 0.419 e. The van der Waals surface area contributed by atoms with Gasteiger partial charge in [0.05, 0.1) is 16.1 Å². The molecule has 0 atom stereocenters. The van der Waals surface area contributed by atoms with Crippen molar-refractivity contribution >= 4 is 43.5 Å². The Labute approximate surface area is 151 Å². The summed E-state index contributed by atoms with van der Waals surface area (Å²) in [6.45, 7) is 0.576. The number of anilines is 1. The molecule has 136 valence electrons. The molecule has 0 bridgehead atoms. The Kier molecular flexibility index (Phi) is 3.84. The third-order valence-electron chi connectivity index (χ3n) is 4.07. The van der Waals surface area contributed by atoms with Crippen LogP contribution in [0.1, 0.15) is 21.8 Å². The molecule has 1 aromatic carbocycles. The van der Waals surface area contributed by atoms with Crippen molar-refractivity contribution in [3.05, 3.63) is 39.3 Å². The molecule has 0 radical (unpaired) electrons. The van der Waals surface area contributed by atoms with Gasteiger partial charge in [0.2, 0.25) is 0 Å². The fourth-order valence-corrected chi connectivity index (χ4v) is 4.91. The Hall–Kier alpha value is -2.66. The van der Waals surface area contributed by atoms with E-state index in [1.165, 1.54) is 29.8 Å². The van der Waals surface area contributed by atoms with Crippen molar-refractivity contribution in [2.75, 3.05) is 11.3 Å². The monoisotopic (exact) mass is 394 g/mol. The maximum absolute atomic E-state index is 12.7. The number of oxazole rings is 1. The minimum Gasteiger partial charge on any atom is -0.408 e. The van der Waals surface area contributed by atoms with Crippen LogP contribution in [0.5, 0.6) is 0 Å². The maximum atomic E-state index is 12.7. The zero-order valence-corrected chi connectivity index (χ0v) is 15.2. The summed E-state index contributed by atoms with van der Waals surface area (Å²) in [7, 11) is -2.43. The van der Waals surface area contributed by atoms with Crippen molar-refractivity contribution in [3.8, 4) is 0 Å². The SMILES string of the molecule is Cn1c(=O)oc2ccc(S(=O)(=O)Nc3nc4c(s3)C(=O)NCCC4)cc21. The third kappa shape index (κ3) is 2.78. The number of nitrogens with one attached hydrogen (secondary N) is 2. The van der Waals surface area contributed by atoms with Gasteiger partial charge in [0.1, 0.15) is 4.88 Å². The molecule has 0 spiro atoms. The molecule has 9 nitrogen and oxygen atoms in total. The van der Waals surface area contributed by atoms with Crippen LogP contribution in [0.4, 0.5) is 5.13 Å². The van der Waals surface area contributed by atoms with Crippen molar-refractivity contribution in [1.82, 2.24) is 14.9 Å². The first-order chi connectivity index (χ1) is 12.3. The molecule has 0 unspecified atom stereocenters. The first-order valence-corrected chi connectivity index (χ1v) is 10.1. The second-order valence-corrected chi connectivity index (χ2v) is 8.50. The van der Waals surface area contributed by atoms with E-state index in [1.807, 2.05) is 0 Å². The number of rotatable bonds is 3. The molecule has 4 rings (SSSR count). The van der Waals surface area contributed by atoms with Gasteiger partial charge in [0, 0.05) is 13.6 Å². The van der Waals surface area contributed by atoms with Gasteiger partial charge in [-0.1, -0.05) is 11.3 Å². The van der Waals surface area contributed by atoms with Gasteiger partial charge in [-0.3, -0.25) is 14.1 Å². The van der Waals surface area contributed by atoms with Crippen LogP contribution >= 0.6 is 11.3 Å². The van der Waals surface area contributed by atoms with E-state index in [0.717, 1.165) is 17.8 Å². The lowest BCUT2D eigenvalue weighted by Gasteiger charge is -2.05. The van der Waals surface area contributed by atoms with Gasteiger partial charge in [-0.15, -0.1) is 0 Å². The average Bonchev–Trinajstić information content (AvgIpc) is 3.06. The van der Waals surface area contributed by atoms with E-state index in [2.05, 4.69) is 15.0 Å². The highest BCUT2D eigenvalue weighted by Gasteiger charge is 2.24. The Morgan fingerprint density at radius 2 is 2.15 bits per heavy atom. The van der Waals surface area contributed by atoms with Gasteiger partial charge in [0.15, 0.2) is 10.7 Å². The molecular weight excluding hydrogens is 380 g/mol. The zero-order chi connectivity index (χ0) is 18.5. The van der Waals surface area contributed by atoms with Crippen molar-refractivity contribution in [2.45, 2.75) is 17.7 Å². The summed E-state index contributed by atoms with van der Waals surface area (Å²) in [5.41, 5.74) is 1.26. The largest absolute Gasteiger partial charge is 0.419 e. The number of fused-ring (bicyclic) bond motifs is 2. The highest BCUT2D eigenvalue weighted by atomic mass is 32.2. The second kappa shape index (κ2) is 5.95. The predicted octanol–water partition coefficient (Wildman–Crippen LogP) is 1.06. The van der Waals surface area contributed by atoms with Crippen LogP contribution in [-0.2, 0) is 23.5 Å². The average molecular weight is 394 g/mol. The summed E-state index contributed by atoms with van der Waals surface area (Å²) < 4.78 is 34.0. The Morgan fingerprint density at radius 3 is 2.96 bits per heavy atom. The minimum atomic E-state index is -3.93. The Morgan fingerprint density at radius 1 is 1.35 bits per heavy atom. The lowest BCUT2D eigenvalue weighted by Crippen LogP contribution is -2.21. The number of nitrogens with zero attached hydrogens (tertiary/aromatic N) is 2. The van der Waals surface area contributed by atoms with Crippen LogP contribution in [0.15, 0.2) is 32.3 Å². The molecule has 1 amide bonds. The van der Waals surface area contributed by atoms with Crippen LogP contribution in [0.2, 0.25) is 0 Å². The smallest absolute Gasteiger partial charge is 0.408 e. The van der Waals surface area contributed by atoms with Gasteiger partial charge in [-0.25, -0.2) is 18.2 Å². The molecule has 1 aliphatic heterocycles. The first kappa shape index (κ1) is 16.8. The molecule has 1 aliphatic rings. The highest BCUT2D eigenvalue weighted by Crippen LogP contribution is 2.28. The summed E-state index contributed by atoms with van der Waals surface area (Å²) in [5, 5.41) is 2.88. The highest BCUT2D eigenvalue weighted by molar-refractivity contribution is 7.93. The van der Waals surface area contributed by atoms with Crippen LogP contribution < -0.4 is 15.8 Å². The summed E-state index contributed by atoms with van der Waals surface area (Å²) in [4.78, 5) is 28.2. The normalized spacial score (nSPS) is 14.7. The van der Waals surface area contributed by atoms with Crippen LogP contribution in [-0.4, -0.2) is 30.4 Å². The number of hydrogen-bond donors (Lipinski definition) is 2. The number of carbonyl (C=O) groups is 1. The van der Waals surface area contributed by atoms with Crippen molar-refractivity contribution in [1.29, 1.82) is 0 Å². The summed E-state index contributed by atoms with van der Waals surface area (Å²) >= 11 is 1.00. The summed E-state index contributed by atoms with van der Waals surface area (Å²) in [6, 6.07) is 4.13. The lowest BCUT2D eigenvalue weighted by molar-refractivity contribution is 0.0960. The fourth-order valence-electron chi connectivity index (χ4n) is 2.73. The minimum absolute atomic E-state index is 0.0313. The van der Waals surface area contributed by atoms with E-state index < -0.39 is 15.8 Å². The molecule has 3 heterocycles. The Bertz CT molecular complexity index is 1190. The topological polar surface area (TPSA) is 123 Å². The standard InChI is InChI=1S/C15H14N4O5S2/c1-19-10-7-8(4-5-11(10)24-15(19)21)26(22,23)18-14-17-9-3-2-6-16-13(20)12(9)25-14/h4-5,7H,2-3,6H2,1H3,(H,16,20)(H,17,18). The number of amides is 1. The lowest BCUT2D eigenvalue weighted by atomic mass is 10.2. The Balaban J connectivity index is 1.70. The van der Waals surface area contributed by atoms with Crippen LogP contribution in [0.3, 0.4) is 0 Å². The van der Waals surface area contributed by atoms with Gasteiger partial charge in [0.25, 0.3) is 15.9 Å². The molecule has 0 fully saturated rings. The summed E-state index contributed by atoms with van der Waals surface area (Å²) in [6.07, 6.45) is 1.36. The third-order valence-corrected chi connectivity index (χ3v) is 6.55. The van der Waals surface area contributed by atoms with E-state index in [0.29, 0.717) is 34.6 Å². The molecule has 0 saturated heterocycles. The van der Waals surface area contributed by atoms with E-state index >= 15 is 0 Å². The predicted molar refractivity (Wildman–Crippen MR) is 95.0 cm³/mol. The van der Waals surface area contributed by atoms with Crippen molar-refractivity contribution < 1.29 is 17.6 Å². The van der Waals surface area contributed by atoms with Crippen LogP contribution in [0, 0.1) is 0 Å². The number of sulfonamides is 1. The number of aryl methyl sites for hydroxylation is 2. The number of hydrogen-bond acceptors (Lipinski definition) is 7. The van der Waals surface area contributed by atoms with Gasteiger partial charge in [-0.2, -0.15) is 0 Å². The summed E-state index contributed by atoms with van der Waals surface area (Å²) in [5.74, 6) is -0.813. The molecule has 2 aromatic heterocycles. The second-order valence-electron chi connectivity index (χ2n) is 5.82. The van der Waals surface area contributed by atoms with E-state index in [4.69, 9.17) is 4.42 Å². The molecule has 2 N–H and O–H groups in total. The fraction of sp³-hybridized carbons (Fsp3) is 0.267. The number of thiazole rings is 1.